The Hall–Kier alpha value is -0.870. The SMILES string of the molecule is CC(C)Nc1cccc2c1N1CCNC1S2. The summed E-state index contributed by atoms with van der Waals surface area (Å²) < 4.78 is 0. The molecule has 3 rings (SSSR count). The van der Waals surface area contributed by atoms with Crippen LogP contribution in [-0.2, 0) is 0 Å². The molecule has 1 aromatic rings. The van der Waals surface area contributed by atoms with E-state index in [1.54, 1.807) is 0 Å². The van der Waals surface area contributed by atoms with Crippen molar-refractivity contribution in [3.8, 4) is 0 Å². The summed E-state index contributed by atoms with van der Waals surface area (Å²) in [6, 6.07) is 7.01. The number of nitrogens with zero attached hydrogens (tertiary/aromatic N) is 1. The molecular weight excluding hydrogens is 218 g/mol. The van der Waals surface area contributed by atoms with E-state index in [-0.39, 0.29) is 0 Å². The van der Waals surface area contributed by atoms with Crippen LogP contribution >= 0.6 is 11.8 Å². The van der Waals surface area contributed by atoms with E-state index in [0.717, 1.165) is 13.1 Å². The molecule has 0 radical (unpaired) electrons. The fraction of sp³-hybridized carbons (Fsp3) is 0.500. The molecule has 2 aliphatic rings. The number of benzene rings is 1. The van der Waals surface area contributed by atoms with E-state index in [1.165, 1.54) is 16.3 Å². The molecule has 1 unspecified atom stereocenters. The van der Waals surface area contributed by atoms with E-state index >= 15 is 0 Å². The van der Waals surface area contributed by atoms with Crippen LogP contribution in [0.15, 0.2) is 23.1 Å². The first-order valence-electron chi connectivity index (χ1n) is 5.82. The van der Waals surface area contributed by atoms with Gasteiger partial charge in [0.05, 0.1) is 11.4 Å². The summed E-state index contributed by atoms with van der Waals surface area (Å²) in [5, 5.41) is 7.04. The van der Waals surface area contributed by atoms with Gasteiger partial charge >= 0.3 is 0 Å². The number of rotatable bonds is 2. The Balaban J connectivity index is 1.99. The van der Waals surface area contributed by atoms with E-state index in [4.69, 9.17) is 0 Å². The van der Waals surface area contributed by atoms with E-state index in [1.807, 2.05) is 11.8 Å². The first kappa shape index (κ1) is 10.3. The Labute approximate surface area is 101 Å². The average molecular weight is 235 g/mol. The maximum absolute atomic E-state index is 3.53. The average Bonchev–Trinajstić information content (AvgIpc) is 2.75. The molecule has 0 spiro atoms. The van der Waals surface area contributed by atoms with Crippen molar-refractivity contribution >= 4 is 23.1 Å². The van der Waals surface area contributed by atoms with Gasteiger partial charge in [0.15, 0.2) is 0 Å². The summed E-state index contributed by atoms with van der Waals surface area (Å²) in [6.07, 6.45) is 0. The highest BCUT2D eigenvalue weighted by molar-refractivity contribution is 8.00. The lowest BCUT2D eigenvalue weighted by Crippen LogP contribution is -2.28. The smallest absolute Gasteiger partial charge is 0.133 e. The summed E-state index contributed by atoms with van der Waals surface area (Å²) in [7, 11) is 0. The standard InChI is InChI=1S/C12H17N3S/c1-8(2)14-9-4-3-5-10-11(9)15-7-6-13-12(15)16-10/h3-5,8,12-14H,6-7H2,1-2H3. The highest BCUT2D eigenvalue weighted by Gasteiger charge is 2.35. The number of para-hydroxylation sites is 1. The quantitative estimate of drug-likeness (QED) is 0.822. The van der Waals surface area contributed by atoms with Gasteiger partial charge in [-0.25, -0.2) is 0 Å². The van der Waals surface area contributed by atoms with Crippen LogP contribution in [0.1, 0.15) is 13.8 Å². The molecule has 1 saturated heterocycles. The van der Waals surface area contributed by atoms with Crippen LogP contribution in [0.3, 0.4) is 0 Å². The molecule has 2 heterocycles. The molecule has 0 aliphatic carbocycles. The minimum Gasteiger partial charge on any atom is -0.381 e. The van der Waals surface area contributed by atoms with Crippen LogP contribution in [-0.4, -0.2) is 24.6 Å². The van der Waals surface area contributed by atoms with Crippen LogP contribution in [0.4, 0.5) is 11.4 Å². The zero-order valence-electron chi connectivity index (χ0n) is 9.66. The number of thioether (sulfide) groups is 1. The number of fused-ring (bicyclic) bond motifs is 3. The number of nitrogens with one attached hydrogen (secondary N) is 2. The van der Waals surface area contributed by atoms with E-state index in [9.17, 15) is 0 Å². The number of anilines is 2. The monoisotopic (exact) mass is 235 g/mol. The lowest BCUT2D eigenvalue weighted by Gasteiger charge is -2.21. The molecule has 2 N–H and O–H groups in total. The van der Waals surface area contributed by atoms with Gasteiger partial charge in [-0.05, 0) is 26.0 Å². The van der Waals surface area contributed by atoms with E-state index in [0.29, 0.717) is 11.5 Å². The second kappa shape index (κ2) is 3.86. The van der Waals surface area contributed by atoms with Gasteiger partial charge in [0, 0.05) is 24.0 Å². The van der Waals surface area contributed by atoms with Gasteiger partial charge in [-0.3, -0.25) is 5.32 Å². The maximum Gasteiger partial charge on any atom is 0.133 e. The molecule has 1 atom stereocenters. The Morgan fingerprint density at radius 1 is 1.50 bits per heavy atom. The second-order valence-electron chi connectivity index (χ2n) is 4.57. The van der Waals surface area contributed by atoms with E-state index < -0.39 is 0 Å². The second-order valence-corrected chi connectivity index (χ2v) is 5.69. The number of hydrogen-bond donors (Lipinski definition) is 2. The molecule has 2 aliphatic heterocycles. The van der Waals surface area contributed by atoms with Gasteiger partial charge in [0.2, 0.25) is 0 Å². The Morgan fingerprint density at radius 2 is 2.38 bits per heavy atom. The molecular formula is C12H17N3S. The fourth-order valence-electron chi connectivity index (χ4n) is 2.33. The van der Waals surface area contributed by atoms with Crippen molar-refractivity contribution < 1.29 is 0 Å². The third-order valence-electron chi connectivity index (χ3n) is 2.92. The molecule has 0 saturated carbocycles. The third kappa shape index (κ3) is 1.57. The maximum atomic E-state index is 3.53. The Kier molecular flexibility index (Phi) is 2.48. The fourth-order valence-corrected chi connectivity index (χ4v) is 3.61. The normalized spacial score (nSPS) is 22.4. The summed E-state index contributed by atoms with van der Waals surface area (Å²) in [5.74, 6) is 0. The summed E-state index contributed by atoms with van der Waals surface area (Å²) >= 11 is 1.92. The van der Waals surface area contributed by atoms with Crippen LogP contribution in [0.25, 0.3) is 0 Å². The lowest BCUT2D eigenvalue weighted by atomic mass is 10.2. The van der Waals surface area contributed by atoms with Gasteiger partial charge < -0.3 is 10.2 Å². The molecule has 1 fully saturated rings. The molecule has 0 bridgehead atoms. The Morgan fingerprint density at radius 3 is 3.19 bits per heavy atom. The molecule has 86 valence electrons. The Bertz CT molecular complexity index is 405. The number of hydrogen-bond acceptors (Lipinski definition) is 4. The van der Waals surface area contributed by atoms with Crippen LogP contribution in [0, 0.1) is 0 Å². The third-order valence-corrected chi connectivity index (χ3v) is 4.15. The highest BCUT2D eigenvalue weighted by atomic mass is 32.2. The zero-order chi connectivity index (χ0) is 11.1. The van der Waals surface area contributed by atoms with Gasteiger partial charge in [-0.15, -0.1) is 0 Å². The summed E-state index contributed by atoms with van der Waals surface area (Å²) in [4.78, 5) is 3.85. The molecule has 0 aromatic heterocycles. The minimum atomic E-state index is 0.449. The highest BCUT2D eigenvalue weighted by Crippen LogP contribution is 2.47. The van der Waals surface area contributed by atoms with Crippen LogP contribution in [0.2, 0.25) is 0 Å². The first-order chi connectivity index (χ1) is 7.75. The van der Waals surface area contributed by atoms with Crippen LogP contribution < -0.4 is 15.5 Å². The lowest BCUT2D eigenvalue weighted by molar-refractivity contribution is 0.808. The first-order valence-corrected chi connectivity index (χ1v) is 6.70. The van der Waals surface area contributed by atoms with Crippen molar-refractivity contribution in [1.29, 1.82) is 0 Å². The van der Waals surface area contributed by atoms with Gasteiger partial charge in [-0.2, -0.15) is 0 Å². The predicted molar refractivity (Wildman–Crippen MR) is 70.2 cm³/mol. The van der Waals surface area contributed by atoms with Gasteiger partial charge in [-0.1, -0.05) is 17.8 Å². The van der Waals surface area contributed by atoms with Gasteiger partial charge in [0.1, 0.15) is 5.50 Å². The van der Waals surface area contributed by atoms with Crippen molar-refractivity contribution in [2.75, 3.05) is 23.3 Å². The van der Waals surface area contributed by atoms with Crippen molar-refractivity contribution in [2.24, 2.45) is 0 Å². The summed E-state index contributed by atoms with van der Waals surface area (Å²) in [5.41, 5.74) is 3.10. The zero-order valence-corrected chi connectivity index (χ0v) is 10.5. The van der Waals surface area contributed by atoms with E-state index in [2.05, 4.69) is 47.6 Å². The molecule has 0 amide bonds. The minimum absolute atomic E-state index is 0.449. The van der Waals surface area contributed by atoms with Crippen LogP contribution in [0.5, 0.6) is 0 Å². The van der Waals surface area contributed by atoms with Crippen molar-refractivity contribution in [2.45, 2.75) is 30.3 Å². The van der Waals surface area contributed by atoms with Gasteiger partial charge in [0.25, 0.3) is 0 Å². The predicted octanol–water partition coefficient (Wildman–Crippen LogP) is 2.31. The topological polar surface area (TPSA) is 27.3 Å². The van der Waals surface area contributed by atoms with Crippen molar-refractivity contribution in [1.82, 2.24) is 5.32 Å². The molecule has 1 aromatic carbocycles. The molecule has 16 heavy (non-hydrogen) atoms. The van der Waals surface area contributed by atoms with Crippen molar-refractivity contribution in [3.05, 3.63) is 18.2 Å². The largest absolute Gasteiger partial charge is 0.381 e. The van der Waals surface area contributed by atoms with Crippen molar-refractivity contribution in [3.63, 3.8) is 0 Å². The molecule has 4 heteroatoms. The summed E-state index contributed by atoms with van der Waals surface area (Å²) in [6.45, 7) is 6.57. The molecule has 3 nitrogen and oxygen atoms in total.